The highest BCUT2D eigenvalue weighted by Gasteiger charge is 2.32. The molecule has 3 aromatic heterocycles. The molecule has 148 valence electrons. The van der Waals surface area contributed by atoms with Crippen molar-refractivity contribution in [3.63, 3.8) is 0 Å². The van der Waals surface area contributed by atoms with Crippen LogP contribution >= 0.6 is 0 Å². The van der Waals surface area contributed by atoms with Crippen molar-refractivity contribution >= 4 is 11.6 Å². The molecule has 0 aliphatic carbocycles. The molecule has 3 aromatic rings. The van der Waals surface area contributed by atoms with E-state index < -0.39 is 11.9 Å². The van der Waals surface area contributed by atoms with Crippen molar-refractivity contribution < 1.29 is 18.0 Å². The van der Waals surface area contributed by atoms with Gasteiger partial charge in [-0.2, -0.15) is 13.2 Å². The second kappa shape index (κ2) is 7.45. The van der Waals surface area contributed by atoms with Crippen LogP contribution in [0.5, 0.6) is 0 Å². The first-order valence-electron chi connectivity index (χ1n) is 8.52. The predicted molar refractivity (Wildman–Crippen MR) is 94.7 cm³/mol. The van der Waals surface area contributed by atoms with Gasteiger partial charge in [-0.3, -0.25) is 19.7 Å². The lowest BCUT2D eigenvalue weighted by atomic mass is 10.1. The first-order chi connectivity index (χ1) is 13.1. The number of amides is 1. The highest BCUT2D eigenvalue weighted by Crippen LogP contribution is 2.27. The van der Waals surface area contributed by atoms with Gasteiger partial charge in [-0.05, 0) is 43.5 Å². The number of hydrogen-bond acceptors (Lipinski definition) is 4. The summed E-state index contributed by atoms with van der Waals surface area (Å²) in [5.74, 6) is -0.301. The minimum absolute atomic E-state index is 0.0232. The summed E-state index contributed by atoms with van der Waals surface area (Å²) in [7, 11) is 0. The molecule has 10 heteroatoms. The Morgan fingerprint density at radius 1 is 1.29 bits per heavy atom. The van der Waals surface area contributed by atoms with Crippen LogP contribution in [0.3, 0.4) is 0 Å². The highest BCUT2D eigenvalue weighted by atomic mass is 19.4. The third-order valence-electron chi connectivity index (χ3n) is 4.41. The molecule has 2 N–H and O–H groups in total. The molecule has 0 radical (unpaired) electrons. The zero-order valence-electron chi connectivity index (χ0n) is 15.2. The third-order valence-corrected chi connectivity index (χ3v) is 4.41. The van der Waals surface area contributed by atoms with Gasteiger partial charge in [0.1, 0.15) is 5.69 Å². The quantitative estimate of drug-likeness (QED) is 0.696. The number of rotatable bonds is 5. The van der Waals surface area contributed by atoms with E-state index in [1.807, 2.05) is 6.92 Å². The molecule has 0 spiro atoms. The number of hydrogen-bond donors (Lipinski definition) is 2. The van der Waals surface area contributed by atoms with E-state index in [9.17, 15) is 22.8 Å². The summed E-state index contributed by atoms with van der Waals surface area (Å²) in [5.41, 5.74) is 1.89. The monoisotopic (exact) mass is 393 g/mol. The van der Waals surface area contributed by atoms with Gasteiger partial charge < -0.3 is 5.32 Å². The molecule has 0 saturated carbocycles. The van der Waals surface area contributed by atoms with E-state index in [-0.39, 0.29) is 24.4 Å². The lowest BCUT2D eigenvalue weighted by Gasteiger charge is -2.12. The van der Waals surface area contributed by atoms with E-state index in [0.29, 0.717) is 23.3 Å². The molecular weight excluding hydrogens is 375 g/mol. The first-order valence-corrected chi connectivity index (χ1v) is 8.52. The zero-order valence-corrected chi connectivity index (χ0v) is 15.2. The Kier molecular flexibility index (Phi) is 5.21. The van der Waals surface area contributed by atoms with Crippen LogP contribution in [0.2, 0.25) is 0 Å². The maximum atomic E-state index is 12.7. The standard InChI is InChI=1S/C18H18F3N5O2/c1-10-13(11(2)26-15(24-10)8-17(28)25-26)3-4-16(27)23-9-12-5-6-22-14(7-12)18(19,20)21/h5-8H,3-4,9H2,1-2H3,(H,23,27)(H,25,28). The minimum Gasteiger partial charge on any atom is -0.352 e. The van der Waals surface area contributed by atoms with Gasteiger partial charge in [-0.1, -0.05) is 0 Å². The van der Waals surface area contributed by atoms with Crippen LogP contribution in [-0.4, -0.2) is 25.5 Å². The summed E-state index contributed by atoms with van der Waals surface area (Å²) in [6, 6.07) is 3.72. The van der Waals surface area contributed by atoms with E-state index in [2.05, 4.69) is 20.4 Å². The fraction of sp³-hybridized carbons (Fsp3) is 0.333. The molecule has 1 amide bonds. The van der Waals surface area contributed by atoms with Gasteiger partial charge in [0.15, 0.2) is 5.65 Å². The summed E-state index contributed by atoms with van der Waals surface area (Å²) < 4.78 is 39.6. The van der Waals surface area contributed by atoms with Crippen molar-refractivity contribution in [3.8, 4) is 0 Å². The Morgan fingerprint density at radius 3 is 2.75 bits per heavy atom. The maximum Gasteiger partial charge on any atom is 0.433 e. The van der Waals surface area contributed by atoms with Gasteiger partial charge in [-0.25, -0.2) is 9.50 Å². The molecule has 28 heavy (non-hydrogen) atoms. The molecule has 0 aliphatic rings. The van der Waals surface area contributed by atoms with Crippen LogP contribution in [0, 0.1) is 13.8 Å². The average Bonchev–Trinajstić information content (AvgIpc) is 2.99. The van der Waals surface area contributed by atoms with Gasteiger partial charge in [0.25, 0.3) is 5.56 Å². The van der Waals surface area contributed by atoms with Gasteiger partial charge in [0.2, 0.25) is 5.91 Å². The second-order valence-corrected chi connectivity index (χ2v) is 6.40. The lowest BCUT2D eigenvalue weighted by molar-refractivity contribution is -0.141. The van der Waals surface area contributed by atoms with Gasteiger partial charge in [-0.15, -0.1) is 0 Å². The number of fused-ring (bicyclic) bond motifs is 1. The van der Waals surface area contributed by atoms with Crippen LogP contribution in [0.25, 0.3) is 5.65 Å². The average molecular weight is 393 g/mol. The van der Waals surface area contributed by atoms with Crippen molar-refractivity contribution in [1.29, 1.82) is 0 Å². The number of H-pyrrole nitrogens is 1. The molecule has 7 nitrogen and oxygen atoms in total. The minimum atomic E-state index is -4.53. The number of pyridine rings is 1. The second-order valence-electron chi connectivity index (χ2n) is 6.40. The number of nitrogens with one attached hydrogen (secondary N) is 2. The Hall–Kier alpha value is -3.17. The van der Waals surface area contributed by atoms with Gasteiger partial charge in [0, 0.05) is 36.6 Å². The molecule has 0 saturated heterocycles. The zero-order chi connectivity index (χ0) is 20.5. The summed E-state index contributed by atoms with van der Waals surface area (Å²) in [6.45, 7) is 3.60. The van der Waals surface area contributed by atoms with Crippen LogP contribution < -0.4 is 10.9 Å². The Balaban J connectivity index is 1.64. The Morgan fingerprint density at radius 2 is 2.04 bits per heavy atom. The Labute approximate surface area is 157 Å². The van der Waals surface area contributed by atoms with Crippen molar-refractivity contribution in [2.45, 2.75) is 39.4 Å². The first kappa shape index (κ1) is 19.6. The molecule has 0 fully saturated rings. The number of alkyl halides is 3. The summed E-state index contributed by atoms with van der Waals surface area (Å²) >= 11 is 0. The third kappa shape index (κ3) is 4.21. The van der Waals surface area contributed by atoms with E-state index in [4.69, 9.17) is 0 Å². The van der Waals surface area contributed by atoms with Crippen molar-refractivity contribution in [2.24, 2.45) is 0 Å². The van der Waals surface area contributed by atoms with Gasteiger partial charge in [0.05, 0.1) is 0 Å². The number of nitrogens with zero attached hydrogens (tertiary/aromatic N) is 3. The number of aromatic nitrogens is 4. The number of aromatic amines is 1. The van der Waals surface area contributed by atoms with Crippen LogP contribution in [0.15, 0.2) is 29.2 Å². The molecule has 0 aliphatic heterocycles. The molecule has 3 rings (SSSR count). The molecule has 0 atom stereocenters. The molecular formula is C18H18F3N5O2. The SMILES string of the molecule is Cc1nc2cc(=O)[nH]n2c(C)c1CCC(=O)NCc1ccnc(C(F)(F)F)c1. The molecule has 3 heterocycles. The normalized spacial score (nSPS) is 11.8. The number of carbonyl (C=O) groups is 1. The number of halogens is 3. The smallest absolute Gasteiger partial charge is 0.352 e. The van der Waals surface area contributed by atoms with Crippen molar-refractivity contribution in [2.75, 3.05) is 0 Å². The summed E-state index contributed by atoms with van der Waals surface area (Å²) in [6.07, 6.45) is -2.94. The highest BCUT2D eigenvalue weighted by molar-refractivity contribution is 5.76. The molecule has 0 bridgehead atoms. The van der Waals surface area contributed by atoms with Crippen molar-refractivity contribution in [3.05, 3.63) is 63.0 Å². The van der Waals surface area contributed by atoms with Crippen LogP contribution in [-0.2, 0) is 23.9 Å². The topological polar surface area (TPSA) is 92.1 Å². The van der Waals surface area contributed by atoms with E-state index in [1.165, 1.54) is 12.1 Å². The van der Waals surface area contributed by atoms with Gasteiger partial charge >= 0.3 is 6.18 Å². The fourth-order valence-corrected chi connectivity index (χ4v) is 2.98. The van der Waals surface area contributed by atoms with E-state index in [1.54, 1.807) is 11.4 Å². The predicted octanol–water partition coefficient (Wildman–Crippen LogP) is 2.30. The van der Waals surface area contributed by atoms with E-state index in [0.717, 1.165) is 23.5 Å². The fourth-order valence-electron chi connectivity index (χ4n) is 2.98. The molecule has 0 unspecified atom stereocenters. The summed E-state index contributed by atoms with van der Waals surface area (Å²) in [5, 5.41) is 5.26. The maximum absolute atomic E-state index is 12.7. The summed E-state index contributed by atoms with van der Waals surface area (Å²) in [4.78, 5) is 31.2. The number of carbonyl (C=O) groups excluding carboxylic acids is 1. The van der Waals surface area contributed by atoms with Crippen molar-refractivity contribution in [1.82, 2.24) is 24.9 Å². The van der Waals surface area contributed by atoms with Crippen LogP contribution in [0.4, 0.5) is 13.2 Å². The lowest BCUT2D eigenvalue weighted by Crippen LogP contribution is -2.24. The Bertz CT molecular complexity index is 1080. The largest absolute Gasteiger partial charge is 0.433 e. The van der Waals surface area contributed by atoms with E-state index >= 15 is 0 Å². The number of aryl methyl sites for hydroxylation is 2. The molecule has 0 aromatic carbocycles. The van der Waals surface area contributed by atoms with Crippen LogP contribution in [0.1, 0.15) is 34.6 Å².